The summed E-state index contributed by atoms with van der Waals surface area (Å²) in [6, 6.07) is 0. The van der Waals surface area contributed by atoms with Crippen molar-refractivity contribution in [2.75, 3.05) is 0 Å². The van der Waals surface area contributed by atoms with Crippen molar-refractivity contribution in [2.45, 2.75) is 45.4 Å². The van der Waals surface area contributed by atoms with E-state index in [0.717, 1.165) is 55.3 Å². The van der Waals surface area contributed by atoms with Crippen LogP contribution in [0.25, 0.3) is 0 Å². The van der Waals surface area contributed by atoms with Gasteiger partial charge in [-0.1, -0.05) is 13.3 Å². The van der Waals surface area contributed by atoms with Gasteiger partial charge in [0.25, 0.3) is 11.5 Å². The number of aromatic nitrogens is 1. The Bertz CT molecular complexity index is 503. The van der Waals surface area contributed by atoms with Crippen LogP contribution >= 0.6 is 0 Å². The normalized spacial score (nSPS) is 15.1. The molecule has 17 heavy (non-hydrogen) atoms. The second kappa shape index (κ2) is 4.73. The van der Waals surface area contributed by atoms with Gasteiger partial charge in [-0.05, 0) is 43.2 Å². The van der Waals surface area contributed by atoms with Crippen LogP contribution in [0.3, 0.4) is 0 Å². The van der Waals surface area contributed by atoms with E-state index in [4.69, 9.17) is 5.73 Å². The Kier molecular flexibility index (Phi) is 3.31. The third kappa shape index (κ3) is 2.12. The van der Waals surface area contributed by atoms with Crippen LogP contribution < -0.4 is 11.3 Å². The van der Waals surface area contributed by atoms with Crippen LogP contribution in [0, 0.1) is 0 Å². The number of amides is 1. The van der Waals surface area contributed by atoms with Crippen LogP contribution in [0.5, 0.6) is 0 Å². The number of carbonyl (C=O) groups excluding carboxylic acids is 1. The van der Waals surface area contributed by atoms with Crippen LogP contribution in [0.4, 0.5) is 0 Å². The van der Waals surface area contributed by atoms with Gasteiger partial charge in [0.1, 0.15) is 5.56 Å². The summed E-state index contributed by atoms with van der Waals surface area (Å²) in [5, 5.41) is 0. The molecule has 0 bridgehead atoms. The van der Waals surface area contributed by atoms with Gasteiger partial charge in [0.2, 0.25) is 0 Å². The Morgan fingerprint density at radius 3 is 2.47 bits per heavy atom. The summed E-state index contributed by atoms with van der Waals surface area (Å²) >= 11 is 0. The topological polar surface area (TPSA) is 75.9 Å². The molecular weight excluding hydrogens is 216 g/mol. The van der Waals surface area contributed by atoms with E-state index in [1.165, 1.54) is 0 Å². The number of pyridine rings is 1. The molecule has 2 rings (SSSR count). The Hall–Kier alpha value is -1.58. The second-order valence-corrected chi connectivity index (χ2v) is 4.54. The molecule has 0 aromatic carbocycles. The van der Waals surface area contributed by atoms with Crippen LogP contribution in [0.2, 0.25) is 0 Å². The highest BCUT2D eigenvalue weighted by Crippen LogP contribution is 2.24. The van der Waals surface area contributed by atoms with Crippen LogP contribution in [0.15, 0.2) is 4.79 Å². The van der Waals surface area contributed by atoms with Crippen molar-refractivity contribution in [3.05, 3.63) is 32.7 Å². The molecule has 1 aliphatic carbocycles. The molecule has 1 amide bonds. The van der Waals surface area contributed by atoms with E-state index in [-0.39, 0.29) is 11.1 Å². The maximum atomic E-state index is 11.9. The molecule has 0 unspecified atom stereocenters. The van der Waals surface area contributed by atoms with Crippen molar-refractivity contribution in [3.8, 4) is 0 Å². The summed E-state index contributed by atoms with van der Waals surface area (Å²) in [4.78, 5) is 26.1. The molecule has 0 fully saturated rings. The molecule has 92 valence electrons. The Labute approximate surface area is 100 Å². The predicted octanol–water partition coefficient (Wildman–Crippen LogP) is 1.31. The third-order valence-corrected chi connectivity index (χ3v) is 3.48. The number of nitrogens with two attached hydrogens (primary N) is 1. The summed E-state index contributed by atoms with van der Waals surface area (Å²) in [6.07, 6.45) is 5.81. The number of hydrogen-bond donors (Lipinski definition) is 2. The van der Waals surface area contributed by atoms with Crippen molar-refractivity contribution in [1.29, 1.82) is 0 Å². The third-order valence-electron chi connectivity index (χ3n) is 3.48. The molecule has 1 aliphatic rings. The summed E-state index contributed by atoms with van der Waals surface area (Å²) in [5.41, 5.74) is 8.20. The number of aromatic amines is 1. The SMILES string of the molecule is CCc1[nH]c(=O)c(C(N)=O)c2c1CCCCC2. The predicted molar refractivity (Wildman–Crippen MR) is 66.2 cm³/mol. The maximum Gasteiger partial charge on any atom is 0.261 e. The lowest BCUT2D eigenvalue weighted by Gasteiger charge is -2.13. The van der Waals surface area contributed by atoms with Crippen molar-refractivity contribution >= 4 is 5.91 Å². The van der Waals surface area contributed by atoms with E-state index in [1.54, 1.807) is 0 Å². The van der Waals surface area contributed by atoms with Crippen molar-refractivity contribution < 1.29 is 4.79 Å². The number of fused-ring (bicyclic) bond motifs is 1. The molecule has 0 spiro atoms. The molecule has 3 N–H and O–H groups in total. The van der Waals surface area contributed by atoms with Gasteiger partial charge in [-0.3, -0.25) is 9.59 Å². The average Bonchev–Trinajstić information content (AvgIpc) is 2.52. The maximum absolute atomic E-state index is 11.9. The van der Waals surface area contributed by atoms with E-state index in [0.29, 0.717) is 0 Å². The monoisotopic (exact) mass is 234 g/mol. The van der Waals surface area contributed by atoms with E-state index < -0.39 is 5.91 Å². The summed E-state index contributed by atoms with van der Waals surface area (Å²) < 4.78 is 0. The Morgan fingerprint density at radius 2 is 1.88 bits per heavy atom. The van der Waals surface area contributed by atoms with Gasteiger partial charge in [-0.2, -0.15) is 0 Å². The fourth-order valence-electron chi connectivity index (χ4n) is 2.67. The molecule has 0 saturated carbocycles. The first-order valence-corrected chi connectivity index (χ1v) is 6.21. The van der Waals surface area contributed by atoms with Gasteiger partial charge >= 0.3 is 0 Å². The molecule has 4 nitrogen and oxygen atoms in total. The highest BCUT2D eigenvalue weighted by molar-refractivity contribution is 5.94. The van der Waals surface area contributed by atoms with Gasteiger partial charge in [0, 0.05) is 5.69 Å². The summed E-state index contributed by atoms with van der Waals surface area (Å²) in [6.45, 7) is 2.01. The van der Waals surface area contributed by atoms with Crippen LogP contribution in [0.1, 0.15) is 53.4 Å². The highest BCUT2D eigenvalue weighted by atomic mass is 16.2. The number of H-pyrrole nitrogens is 1. The minimum absolute atomic E-state index is 0.180. The number of primary amides is 1. The van der Waals surface area contributed by atoms with Gasteiger partial charge in [0.05, 0.1) is 0 Å². The lowest BCUT2D eigenvalue weighted by Crippen LogP contribution is -2.28. The van der Waals surface area contributed by atoms with Gasteiger partial charge in [-0.25, -0.2) is 0 Å². The zero-order valence-corrected chi connectivity index (χ0v) is 10.1. The lowest BCUT2D eigenvalue weighted by atomic mass is 9.95. The van der Waals surface area contributed by atoms with Crippen molar-refractivity contribution in [2.24, 2.45) is 5.73 Å². The Balaban J connectivity index is 2.70. The molecule has 0 saturated heterocycles. The number of nitrogens with one attached hydrogen (secondary N) is 1. The zero-order chi connectivity index (χ0) is 12.4. The molecule has 4 heteroatoms. The average molecular weight is 234 g/mol. The fraction of sp³-hybridized carbons (Fsp3) is 0.538. The number of hydrogen-bond acceptors (Lipinski definition) is 2. The largest absolute Gasteiger partial charge is 0.365 e. The minimum Gasteiger partial charge on any atom is -0.365 e. The number of aryl methyl sites for hydroxylation is 1. The quantitative estimate of drug-likeness (QED) is 0.757. The number of rotatable bonds is 2. The second-order valence-electron chi connectivity index (χ2n) is 4.54. The lowest BCUT2D eigenvalue weighted by molar-refractivity contribution is 0.0998. The van der Waals surface area contributed by atoms with Gasteiger partial charge in [-0.15, -0.1) is 0 Å². The minimum atomic E-state index is -0.605. The molecule has 1 heterocycles. The molecule has 1 aromatic heterocycles. The molecule has 1 aromatic rings. The van der Waals surface area contributed by atoms with Crippen molar-refractivity contribution in [3.63, 3.8) is 0 Å². The summed E-state index contributed by atoms with van der Waals surface area (Å²) in [5.74, 6) is -0.605. The van der Waals surface area contributed by atoms with Gasteiger partial charge in [0.15, 0.2) is 0 Å². The standard InChI is InChI=1S/C13H18N2O2/c1-2-10-8-6-4-3-5-7-9(8)11(12(14)16)13(17)15-10/h2-7H2,1H3,(H2,14,16)(H,15,17). The Morgan fingerprint density at radius 1 is 1.24 bits per heavy atom. The zero-order valence-electron chi connectivity index (χ0n) is 10.1. The molecule has 0 radical (unpaired) electrons. The van der Waals surface area contributed by atoms with E-state index in [9.17, 15) is 9.59 Å². The summed E-state index contributed by atoms with van der Waals surface area (Å²) in [7, 11) is 0. The first-order chi connectivity index (χ1) is 8.15. The van der Waals surface area contributed by atoms with Crippen LogP contribution in [-0.4, -0.2) is 10.9 Å². The molecule has 0 atom stereocenters. The van der Waals surface area contributed by atoms with E-state index in [1.807, 2.05) is 6.92 Å². The van der Waals surface area contributed by atoms with E-state index in [2.05, 4.69) is 4.98 Å². The van der Waals surface area contributed by atoms with E-state index >= 15 is 0 Å². The number of carbonyl (C=O) groups is 1. The first-order valence-electron chi connectivity index (χ1n) is 6.21. The smallest absolute Gasteiger partial charge is 0.261 e. The first kappa shape index (κ1) is 11.9. The molecule has 0 aliphatic heterocycles. The van der Waals surface area contributed by atoms with Gasteiger partial charge < -0.3 is 10.7 Å². The van der Waals surface area contributed by atoms with Crippen molar-refractivity contribution in [1.82, 2.24) is 4.98 Å². The fourth-order valence-corrected chi connectivity index (χ4v) is 2.67. The van der Waals surface area contributed by atoms with Crippen LogP contribution in [-0.2, 0) is 19.3 Å². The highest BCUT2D eigenvalue weighted by Gasteiger charge is 2.21. The molecular formula is C13H18N2O2.